The molecule has 2 saturated heterocycles. The van der Waals surface area contributed by atoms with E-state index in [0.717, 1.165) is 0 Å². The number of aliphatic hydroxyl groups is 9. The van der Waals surface area contributed by atoms with Gasteiger partial charge in [-0.1, -0.05) is 6.92 Å². The number of hydrogen-bond donors (Lipinski definition) is 11. The second kappa shape index (κ2) is 16.8. The zero-order valence-electron chi connectivity index (χ0n) is 21.4. The minimum atomic E-state index is -4.82. The molecule has 0 aliphatic carbocycles. The fourth-order valence-electron chi connectivity index (χ4n) is 4.17. The molecule has 2 fully saturated rings. The molecule has 240 valence electrons. The normalized spacial score (nSPS) is 34.1. The zero-order valence-corrected chi connectivity index (χ0v) is 24.7. The van der Waals surface area contributed by atoms with Crippen LogP contribution in [0.1, 0.15) is 13.3 Å². The summed E-state index contributed by atoms with van der Waals surface area (Å²) in [7, 11) is -10.9. The standard InChI is InChI=1S/C10H20O8S2.C9H18O9S2/c1-2-8(18-20(15,16)17)6(12)4-19-5-7(13)10(14)9(19)3-11;10-1-7(18-20(15,16)17)5(12)3-19-4-6(13)9(14)8(19)2-11/h6-14H,2-5H2,1H3;5-14H,1-4H2/p+2/t6-,7-,8+,9-,10+,19?;5-,6+,7+,8+,9-,19?/m00/s1. The van der Waals surface area contributed by atoms with Gasteiger partial charge in [0.15, 0.2) is 10.5 Å². The van der Waals surface area contributed by atoms with Gasteiger partial charge in [-0.3, -0.25) is 9.11 Å². The van der Waals surface area contributed by atoms with Gasteiger partial charge in [0, 0.05) is 21.8 Å². The summed E-state index contributed by atoms with van der Waals surface area (Å²) >= 11 is 0. The van der Waals surface area contributed by atoms with Crippen LogP contribution in [0.15, 0.2) is 0 Å². The van der Waals surface area contributed by atoms with Crippen molar-refractivity contribution in [2.45, 2.75) is 72.7 Å². The summed E-state index contributed by atoms with van der Waals surface area (Å²) < 4.78 is 68.1. The fraction of sp³-hybridized carbons (Fsp3) is 1.00. The second-order valence-electron chi connectivity index (χ2n) is 9.15. The molecule has 0 spiro atoms. The molecule has 2 aliphatic rings. The highest BCUT2D eigenvalue weighted by molar-refractivity contribution is 7.98. The molecule has 2 aliphatic heterocycles. The first-order chi connectivity index (χ1) is 18.4. The van der Waals surface area contributed by atoms with Crippen LogP contribution in [0.5, 0.6) is 0 Å². The maximum absolute atomic E-state index is 10.7. The van der Waals surface area contributed by atoms with Gasteiger partial charge >= 0.3 is 20.8 Å². The van der Waals surface area contributed by atoms with Crippen LogP contribution < -0.4 is 0 Å². The molecule has 0 aromatic heterocycles. The van der Waals surface area contributed by atoms with Crippen LogP contribution in [0.25, 0.3) is 0 Å². The quantitative estimate of drug-likeness (QED) is 0.0606. The minimum Gasteiger partial charge on any atom is -0.394 e. The molecule has 2 rings (SSSR count). The smallest absolute Gasteiger partial charge is 0.394 e. The van der Waals surface area contributed by atoms with Crippen LogP contribution in [0.2, 0.25) is 0 Å². The minimum absolute atomic E-state index is 0.0768. The Kier molecular flexibility index (Phi) is 16.0. The first-order valence-corrected chi connectivity index (χ1v) is 17.9. The predicted molar refractivity (Wildman–Crippen MR) is 142 cm³/mol. The van der Waals surface area contributed by atoms with Gasteiger partial charge in [0.25, 0.3) is 0 Å². The maximum atomic E-state index is 10.7. The number of aliphatic hydroxyl groups excluding tert-OH is 9. The summed E-state index contributed by atoms with van der Waals surface area (Å²) in [4.78, 5) is 0. The first-order valence-electron chi connectivity index (χ1n) is 11.9. The maximum Gasteiger partial charge on any atom is 0.397 e. The van der Waals surface area contributed by atoms with E-state index in [2.05, 4.69) is 8.37 Å². The Morgan fingerprint density at radius 1 is 0.725 bits per heavy atom. The first kappa shape index (κ1) is 38.1. The number of hydrogen-bond acceptors (Lipinski definition) is 15. The highest BCUT2D eigenvalue weighted by atomic mass is 32.3. The lowest BCUT2D eigenvalue weighted by atomic mass is 10.2. The molecular formula is C19H40O17S4+2. The molecule has 0 radical (unpaired) electrons. The summed E-state index contributed by atoms with van der Waals surface area (Å²) in [6, 6.07) is 0. The fourth-order valence-corrected chi connectivity index (χ4v) is 10.7. The van der Waals surface area contributed by atoms with E-state index in [1.54, 1.807) is 6.92 Å². The third-order valence-corrected chi connectivity index (χ3v) is 12.9. The average molecular weight is 669 g/mol. The molecule has 40 heavy (non-hydrogen) atoms. The van der Waals surface area contributed by atoms with Crippen LogP contribution in [-0.4, -0.2) is 174 Å². The van der Waals surface area contributed by atoms with Crippen LogP contribution in [0.4, 0.5) is 0 Å². The van der Waals surface area contributed by atoms with Crippen molar-refractivity contribution < 1.29 is 80.3 Å². The summed E-state index contributed by atoms with van der Waals surface area (Å²) in [6.07, 6.45) is -9.29. The van der Waals surface area contributed by atoms with E-state index in [1.807, 2.05) is 0 Å². The molecule has 0 bridgehead atoms. The van der Waals surface area contributed by atoms with Crippen LogP contribution >= 0.6 is 0 Å². The van der Waals surface area contributed by atoms with Gasteiger partial charge in [0.1, 0.15) is 71.8 Å². The van der Waals surface area contributed by atoms with Gasteiger partial charge in [-0.2, -0.15) is 16.8 Å². The summed E-state index contributed by atoms with van der Waals surface area (Å²) in [5.74, 6) is 0.368. The second-order valence-corrected chi connectivity index (χ2v) is 15.9. The topological polar surface area (TPSA) is 309 Å². The van der Waals surface area contributed by atoms with Crippen molar-refractivity contribution in [1.29, 1.82) is 0 Å². The van der Waals surface area contributed by atoms with Crippen LogP contribution in [0, 0.1) is 0 Å². The molecule has 0 amide bonds. The van der Waals surface area contributed by atoms with E-state index < -0.39 is 115 Å². The van der Waals surface area contributed by atoms with Crippen molar-refractivity contribution in [1.82, 2.24) is 0 Å². The summed E-state index contributed by atoms with van der Waals surface area (Å²) in [6.45, 7) is 0.0259. The molecule has 2 heterocycles. The van der Waals surface area contributed by atoms with Gasteiger partial charge in [0.2, 0.25) is 0 Å². The lowest BCUT2D eigenvalue weighted by Gasteiger charge is -2.20. The Morgan fingerprint density at radius 3 is 1.38 bits per heavy atom. The van der Waals surface area contributed by atoms with Gasteiger partial charge in [0.05, 0.1) is 19.8 Å². The van der Waals surface area contributed by atoms with Gasteiger partial charge in [-0.15, -0.1) is 0 Å². The lowest BCUT2D eigenvalue weighted by molar-refractivity contribution is 0.0112. The Labute approximate surface area is 238 Å². The molecule has 21 heteroatoms. The SMILES string of the molecule is CC[C@@H](OS(=O)(=O)O)[C@@H](O)C[S+]1C[C@H](O)[C@@H](O)[C@@H]1CO.O=S(=O)(O)O[C@H](CO)[C@@H](O)C[S+]1C[C@@H](O)[C@H](O)[C@H]1CO. The predicted octanol–water partition coefficient (Wildman–Crippen LogP) is -6.10. The molecule has 17 nitrogen and oxygen atoms in total. The Hall–Kier alpha value is 0.0800. The highest BCUT2D eigenvalue weighted by Crippen LogP contribution is 2.26. The van der Waals surface area contributed by atoms with E-state index in [1.165, 1.54) is 0 Å². The molecular weight excluding hydrogens is 628 g/mol. The Morgan fingerprint density at radius 2 is 1.07 bits per heavy atom. The number of rotatable bonds is 14. The largest absolute Gasteiger partial charge is 0.397 e. The van der Waals surface area contributed by atoms with Gasteiger partial charge in [-0.05, 0) is 6.42 Å². The Bertz CT molecular complexity index is 876. The van der Waals surface area contributed by atoms with E-state index in [0.29, 0.717) is 0 Å². The highest BCUT2D eigenvalue weighted by Gasteiger charge is 2.51. The summed E-state index contributed by atoms with van der Waals surface area (Å²) in [5, 5.41) is 84.3. The molecule has 12 atom stereocenters. The lowest BCUT2D eigenvalue weighted by Crippen LogP contribution is -2.42. The molecule has 0 aromatic carbocycles. The molecule has 2 unspecified atom stereocenters. The van der Waals surface area contributed by atoms with E-state index in [-0.39, 0.29) is 36.0 Å². The summed E-state index contributed by atoms with van der Waals surface area (Å²) in [5.41, 5.74) is 0. The van der Waals surface area contributed by atoms with Crippen molar-refractivity contribution in [2.75, 3.05) is 42.8 Å². The van der Waals surface area contributed by atoms with Crippen LogP contribution in [-0.2, 0) is 51.0 Å². The third kappa shape index (κ3) is 12.0. The monoisotopic (exact) mass is 668 g/mol. The molecule has 0 aromatic rings. The van der Waals surface area contributed by atoms with Crippen molar-refractivity contribution in [3.63, 3.8) is 0 Å². The van der Waals surface area contributed by atoms with Gasteiger partial charge in [-0.25, -0.2) is 8.37 Å². The van der Waals surface area contributed by atoms with Gasteiger partial charge < -0.3 is 46.0 Å². The Balaban J connectivity index is 0.000000400. The third-order valence-electron chi connectivity index (χ3n) is 6.24. The van der Waals surface area contributed by atoms with Crippen molar-refractivity contribution in [3.8, 4) is 0 Å². The van der Waals surface area contributed by atoms with E-state index >= 15 is 0 Å². The average Bonchev–Trinajstić information content (AvgIpc) is 3.27. The van der Waals surface area contributed by atoms with E-state index in [4.69, 9.17) is 19.3 Å². The van der Waals surface area contributed by atoms with Crippen molar-refractivity contribution >= 4 is 42.6 Å². The van der Waals surface area contributed by atoms with Crippen molar-refractivity contribution in [2.24, 2.45) is 0 Å². The molecule has 11 N–H and O–H groups in total. The molecule has 0 saturated carbocycles. The van der Waals surface area contributed by atoms with Crippen molar-refractivity contribution in [3.05, 3.63) is 0 Å². The van der Waals surface area contributed by atoms with Crippen LogP contribution in [0.3, 0.4) is 0 Å². The van der Waals surface area contributed by atoms with E-state index in [9.17, 15) is 52.6 Å². The zero-order chi connectivity index (χ0) is 31.0.